The van der Waals surface area contributed by atoms with Crippen molar-refractivity contribution < 1.29 is 29.3 Å². The zero-order valence-corrected chi connectivity index (χ0v) is 11.8. The predicted octanol–water partition coefficient (Wildman–Crippen LogP) is 0.764. The Morgan fingerprint density at radius 1 is 1.30 bits per heavy atom. The molecule has 3 unspecified atom stereocenters. The first-order chi connectivity index (χ1) is 9.45. The van der Waals surface area contributed by atoms with E-state index in [-0.39, 0.29) is 6.61 Å². The lowest BCUT2D eigenvalue weighted by Crippen LogP contribution is -2.37. The molecule has 0 amide bonds. The number of carbonyl (C=O) groups excluding carboxylic acids is 2. The van der Waals surface area contributed by atoms with Gasteiger partial charge in [-0.25, -0.2) is 0 Å². The van der Waals surface area contributed by atoms with E-state index in [1.807, 2.05) is 19.1 Å². The van der Waals surface area contributed by atoms with Gasteiger partial charge in [-0.1, -0.05) is 19.1 Å². The Bertz CT molecular complexity index is 363. The first-order valence-corrected chi connectivity index (χ1v) is 6.80. The van der Waals surface area contributed by atoms with Crippen molar-refractivity contribution in [1.82, 2.24) is 0 Å². The maximum Gasteiger partial charge on any atom is 0.310 e. The van der Waals surface area contributed by atoms with Gasteiger partial charge in [-0.05, 0) is 19.3 Å². The summed E-state index contributed by atoms with van der Waals surface area (Å²) >= 11 is 0. The molecule has 0 heterocycles. The van der Waals surface area contributed by atoms with E-state index in [0.29, 0.717) is 19.3 Å². The number of esters is 2. The van der Waals surface area contributed by atoms with E-state index in [2.05, 4.69) is 0 Å². The fraction of sp³-hybridized carbons (Fsp3) is 0.714. The van der Waals surface area contributed by atoms with Crippen molar-refractivity contribution in [2.75, 3.05) is 6.61 Å². The summed E-state index contributed by atoms with van der Waals surface area (Å²) in [6.45, 7) is 3.13. The van der Waals surface area contributed by atoms with Crippen LogP contribution < -0.4 is 0 Å². The van der Waals surface area contributed by atoms with Crippen molar-refractivity contribution in [3.05, 3.63) is 12.2 Å². The molecule has 1 aliphatic carbocycles. The topological polar surface area (TPSA) is 93.1 Å². The lowest BCUT2D eigenvalue weighted by atomic mass is 9.82. The Balaban J connectivity index is 2.58. The summed E-state index contributed by atoms with van der Waals surface area (Å²) in [5.74, 6) is -2.04. The summed E-state index contributed by atoms with van der Waals surface area (Å²) in [4.78, 5) is 22.9. The lowest BCUT2D eigenvalue weighted by Gasteiger charge is -2.29. The van der Waals surface area contributed by atoms with Crippen molar-refractivity contribution in [2.45, 2.75) is 45.5 Å². The maximum absolute atomic E-state index is 12.1. The molecule has 20 heavy (non-hydrogen) atoms. The molecule has 114 valence electrons. The minimum absolute atomic E-state index is 0.0203. The zero-order valence-electron chi connectivity index (χ0n) is 11.8. The molecular weight excluding hydrogens is 264 g/mol. The van der Waals surface area contributed by atoms with Crippen molar-refractivity contribution in [3.63, 3.8) is 0 Å². The van der Waals surface area contributed by atoms with Crippen molar-refractivity contribution >= 4 is 11.9 Å². The Morgan fingerprint density at radius 3 is 2.50 bits per heavy atom. The number of hydrogen-bond donors (Lipinski definition) is 2. The number of carbonyl (C=O) groups is 2. The molecule has 2 N–H and O–H groups in total. The summed E-state index contributed by atoms with van der Waals surface area (Å²) in [6.07, 6.45) is 2.97. The van der Waals surface area contributed by atoms with Crippen LogP contribution in [-0.2, 0) is 19.1 Å². The van der Waals surface area contributed by atoms with Crippen LogP contribution >= 0.6 is 0 Å². The van der Waals surface area contributed by atoms with Gasteiger partial charge >= 0.3 is 11.9 Å². The van der Waals surface area contributed by atoms with Gasteiger partial charge in [0.15, 0.2) is 6.29 Å². The van der Waals surface area contributed by atoms with Gasteiger partial charge in [0, 0.05) is 12.8 Å². The molecule has 0 aliphatic heterocycles. The highest BCUT2D eigenvalue weighted by molar-refractivity contribution is 5.73. The molecule has 0 saturated carbocycles. The SMILES string of the molecule is CCC(COC(C)=O)OC(=O)C1CC=CCC1C(O)O. The van der Waals surface area contributed by atoms with Crippen LogP contribution in [0.25, 0.3) is 0 Å². The molecule has 0 aromatic heterocycles. The number of allylic oxidation sites excluding steroid dienone is 2. The highest BCUT2D eigenvalue weighted by Crippen LogP contribution is 2.29. The number of aliphatic hydroxyl groups excluding tert-OH is 1. The lowest BCUT2D eigenvalue weighted by molar-refractivity contribution is -0.170. The third-order valence-electron chi connectivity index (χ3n) is 3.38. The van der Waals surface area contributed by atoms with E-state index >= 15 is 0 Å². The van der Waals surface area contributed by atoms with Gasteiger partial charge in [-0.15, -0.1) is 0 Å². The second-order valence-electron chi connectivity index (χ2n) is 4.90. The molecule has 0 fully saturated rings. The second kappa shape index (κ2) is 8.01. The highest BCUT2D eigenvalue weighted by atomic mass is 16.6. The van der Waals surface area contributed by atoms with Crippen LogP contribution in [0.1, 0.15) is 33.1 Å². The van der Waals surface area contributed by atoms with Crippen molar-refractivity contribution in [3.8, 4) is 0 Å². The van der Waals surface area contributed by atoms with E-state index < -0.39 is 36.2 Å². The van der Waals surface area contributed by atoms with E-state index in [1.165, 1.54) is 6.92 Å². The molecule has 0 spiro atoms. The van der Waals surface area contributed by atoms with Crippen LogP contribution in [-0.4, -0.2) is 41.2 Å². The van der Waals surface area contributed by atoms with Crippen LogP contribution in [0, 0.1) is 11.8 Å². The molecular formula is C14H22O6. The minimum Gasteiger partial charge on any atom is -0.462 e. The number of hydrogen-bond acceptors (Lipinski definition) is 6. The van der Waals surface area contributed by atoms with Crippen LogP contribution in [0.2, 0.25) is 0 Å². The molecule has 3 atom stereocenters. The summed E-state index contributed by atoms with van der Waals surface area (Å²) < 4.78 is 10.1. The van der Waals surface area contributed by atoms with Crippen molar-refractivity contribution in [2.24, 2.45) is 11.8 Å². The molecule has 0 aromatic carbocycles. The van der Waals surface area contributed by atoms with Gasteiger partial charge in [0.05, 0.1) is 5.92 Å². The third-order valence-corrected chi connectivity index (χ3v) is 3.38. The molecule has 0 aromatic rings. The average molecular weight is 286 g/mol. The van der Waals surface area contributed by atoms with Crippen LogP contribution in [0.3, 0.4) is 0 Å². The van der Waals surface area contributed by atoms with E-state index in [0.717, 1.165) is 0 Å². The normalized spacial score (nSPS) is 23.4. The zero-order chi connectivity index (χ0) is 15.1. The maximum atomic E-state index is 12.1. The summed E-state index contributed by atoms with van der Waals surface area (Å²) in [6, 6.07) is 0. The number of aliphatic hydroxyl groups is 2. The van der Waals surface area contributed by atoms with Crippen LogP contribution in [0.5, 0.6) is 0 Å². The van der Waals surface area contributed by atoms with E-state index in [4.69, 9.17) is 9.47 Å². The van der Waals surface area contributed by atoms with E-state index in [1.54, 1.807) is 0 Å². The monoisotopic (exact) mass is 286 g/mol. The molecule has 6 heteroatoms. The molecule has 6 nitrogen and oxygen atoms in total. The van der Waals surface area contributed by atoms with Gasteiger partial charge in [-0.2, -0.15) is 0 Å². The summed E-state index contributed by atoms with van der Waals surface area (Å²) in [7, 11) is 0. The second-order valence-corrected chi connectivity index (χ2v) is 4.90. The fourth-order valence-corrected chi connectivity index (χ4v) is 2.13. The molecule has 0 saturated heterocycles. The van der Waals surface area contributed by atoms with E-state index in [9.17, 15) is 19.8 Å². The third kappa shape index (κ3) is 4.94. The average Bonchev–Trinajstić information content (AvgIpc) is 2.42. The molecule has 1 rings (SSSR count). The first kappa shape index (κ1) is 16.7. The van der Waals surface area contributed by atoms with Gasteiger partial charge in [0.25, 0.3) is 0 Å². The van der Waals surface area contributed by atoms with Gasteiger partial charge in [-0.3, -0.25) is 9.59 Å². The first-order valence-electron chi connectivity index (χ1n) is 6.80. The Kier molecular flexibility index (Phi) is 6.67. The molecule has 0 radical (unpaired) electrons. The van der Waals surface area contributed by atoms with Crippen molar-refractivity contribution in [1.29, 1.82) is 0 Å². The highest BCUT2D eigenvalue weighted by Gasteiger charge is 2.35. The number of ether oxygens (including phenoxy) is 2. The van der Waals surface area contributed by atoms with Gasteiger partial charge in [0.1, 0.15) is 12.7 Å². The quantitative estimate of drug-likeness (QED) is 0.425. The summed E-state index contributed by atoms with van der Waals surface area (Å²) in [5.41, 5.74) is 0. The fourth-order valence-electron chi connectivity index (χ4n) is 2.13. The van der Waals surface area contributed by atoms with Gasteiger partial charge < -0.3 is 19.7 Å². The van der Waals surface area contributed by atoms with Gasteiger partial charge in [0.2, 0.25) is 0 Å². The summed E-state index contributed by atoms with van der Waals surface area (Å²) in [5, 5.41) is 18.6. The smallest absolute Gasteiger partial charge is 0.310 e. The Morgan fingerprint density at radius 2 is 1.95 bits per heavy atom. The molecule has 1 aliphatic rings. The van der Waals surface area contributed by atoms with Crippen LogP contribution in [0.15, 0.2) is 12.2 Å². The standard InChI is InChI=1S/C14H22O6/c1-3-10(8-19-9(2)15)20-14(18)12-7-5-4-6-11(12)13(16)17/h4-5,10-13,16-17H,3,6-8H2,1-2H3. The molecule has 0 bridgehead atoms. The number of rotatable bonds is 6. The Hall–Kier alpha value is -1.40. The Labute approximate surface area is 118 Å². The minimum atomic E-state index is -1.55. The van der Waals surface area contributed by atoms with Crippen LogP contribution in [0.4, 0.5) is 0 Å². The largest absolute Gasteiger partial charge is 0.462 e. The predicted molar refractivity (Wildman–Crippen MR) is 70.4 cm³/mol.